The molecule has 0 radical (unpaired) electrons. The number of hydrogen-bond acceptors (Lipinski definition) is 5. The maximum absolute atomic E-state index is 5.49. The minimum atomic E-state index is -2.58. The predicted molar refractivity (Wildman–Crippen MR) is 59.8 cm³/mol. The molecule has 0 fully saturated rings. The third-order valence-corrected chi connectivity index (χ3v) is 5.97. The van der Waals surface area contributed by atoms with E-state index in [0.29, 0.717) is 0 Å². The summed E-state index contributed by atoms with van der Waals surface area (Å²) in [4.78, 5) is 2.16. The molecule has 0 spiro atoms. The lowest BCUT2D eigenvalue weighted by Gasteiger charge is -2.37. The Balaban J connectivity index is 2.81. The molecule has 1 aliphatic rings. The van der Waals surface area contributed by atoms with E-state index in [1.165, 1.54) is 0 Å². The van der Waals surface area contributed by atoms with Crippen molar-refractivity contribution in [3.05, 3.63) is 12.4 Å². The summed E-state index contributed by atoms with van der Waals surface area (Å²) in [5.41, 5.74) is 0.156. The molecule has 15 heavy (non-hydrogen) atoms. The zero-order valence-corrected chi connectivity index (χ0v) is 10.8. The molecule has 6 heteroatoms. The van der Waals surface area contributed by atoms with Crippen LogP contribution in [0.1, 0.15) is 13.3 Å². The molecule has 0 amide bonds. The van der Waals surface area contributed by atoms with Gasteiger partial charge in [-0.05, 0) is 6.42 Å². The fraction of sp³-hybridized carbons (Fsp3) is 0.778. The number of hydrogen-bond donors (Lipinski definition) is 1. The number of nitrogens with one attached hydrogen (secondary N) is 1. The Labute approximate surface area is 92.4 Å². The van der Waals surface area contributed by atoms with E-state index in [1.54, 1.807) is 21.3 Å². The van der Waals surface area contributed by atoms with Gasteiger partial charge in [0.2, 0.25) is 0 Å². The van der Waals surface area contributed by atoms with E-state index in [0.717, 1.165) is 13.1 Å². The number of rotatable bonds is 6. The van der Waals surface area contributed by atoms with Gasteiger partial charge in [0.05, 0.1) is 12.3 Å². The van der Waals surface area contributed by atoms with E-state index < -0.39 is 8.80 Å². The second kappa shape index (κ2) is 5.50. The SMILES string of the molecule is CCC(N1C=CNC1)[Si](OC)(OC)OC. The first-order valence-corrected chi connectivity index (χ1v) is 6.85. The van der Waals surface area contributed by atoms with Crippen molar-refractivity contribution < 1.29 is 13.3 Å². The number of nitrogens with zero attached hydrogens (tertiary/aromatic N) is 1. The molecule has 1 rings (SSSR count). The van der Waals surface area contributed by atoms with Crippen LogP contribution in [0.2, 0.25) is 0 Å². The minimum Gasteiger partial charge on any atom is -0.376 e. The molecular formula is C9H20N2O3Si. The zero-order valence-electron chi connectivity index (χ0n) is 9.82. The van der Waals surface area contributed by atoms with E-state index >= 15 is 0 Å². The summed E-state index contributed by atoms with van der Waals surface area (Å²) in [5, 5.41) is 3.13. The Kier molecular flexibility index (Phi) is 4.59. The summed E-state index contributed by atoms with van der Waals surface area (Å²) in [7, 11) is 2.37. The van der Waals surface area contributed by atoms with E-state index in [-0.39, 0.29) is 5.67 Å². The Morgan fingerprint density at radius 1 is 1.33 bits per heavy atom. The van der Waals surface area contributed by atoms with Crippen molar-refractivity contribution in [3.63, 3.8) is 0 Å². The van der Waals surface area contributed by atoms with Crippen LogP contribution in [-0.4, -0.2) is 47.4 Å². The molecule has 0 saturated carbocycles. The van der Waals surface area contributed by atoms with Crippen molar-refractivity contribution in [3.8, 4) is 0 Å². The first-order chi connectivity index (χ1) is 7.24. The van der Waals surface area contributed by atoms with Crippen molar-refractivity contribution in [1.29, 1.82) is 0 Å². The van der Waals surface area contributed by atoms with Crippen LogP contribution in [0.3, 0.4) is 0 Å². The molecule has 0 aromatic carbocycles. The van der Waals surface area contributed by atoms with Crippen LogP contribution >= 0.6 is 0 Å². The van der Waals surface area contributed by atoms with Gasteiger partial charge in [-0.25, -0.2) is 0 Å². The summed E-state index contributed by atoms with van der Waals surface area (Å²) in [6.07, 6.45) is 4.85. The lowest BCUT2D eigenvalue weighted by Crippen LogP contribution is -2.60. The summed E-state index contributed by atoms with van der Waals surface area (Å²) in [6, 6.07) is 0. The lowest BCUT2D eigenvalue weighted by molar-refractivity contribution is 0.0864. The van der Waals surface area contributed by atoms with Crippen LogP contribution in [0.5, 0.6) is 0 Å². The smallest absolute Gasteiger partial charge is 0.376 e. The Morgan fingerprint density at radius 2 is 1.93 bits per heavy atom. The Bertz CT molecular complexity index is 213. The van der Waals surface area contributed by atoms with Gasteiger partial charge in [-0.15, -0.1) is 0 Å². The quantitative estimate of drug-likeness (QED) is 0.676. The Morgan fingerprint density at radius 3 is 2.27 bits per heavy atom. The highest BCUT2D eigenvalue weighted by atomic mass is 28.4. The molecule has 0 aromatic heterocycles. The molecule has 5 nitrogen and oxygen atoms in total. The summed E-state index contributed by atoms with van der Waals surface area (Å²) in [5.74, 6) is 0. The molecule has 1 heterocycles. The monoisotopic (exact) mass is 232 g/mol. The van der Waals surface area contributed by atoms with Crippen LogP contribution in [-0.2, 0) is 13.3 Å². The third kappa shape index (κ3) is 2.33. The fourth-order valence-corrected chi connectivity index (χ4v) is 4.32. The average Bonchev–Trinajstić information content (AvgIpc) is 2.79. The summed E-state index contributed by atoms with van der Waals surface area (Å²) >= 11 is 0. The molecule has 0 saturated heterocycles. The summed E-state index contributed by atoms with van der Waals surface area (Å²) in [6.45, 7) is 2.89. The molecule has 0 aliphatic carbocycles. The van der Waals surface area contributed by atoms with Crippen molar-refractivity contribution in [2.45, 2.75) is 19.0 Å². The lowest BCUT2D eigenvalue weighted by atomic mass is 10.4. The van der Waals surface area contributed by atoms with Gasteiger partial charge in [-0.1, -0.05) is 6.92 Å². The first kappa shape index (κ1) is 12.5. The van der Waals surface area contributed by atoms with Crippen LogP contribution in [0.15, 0.2) is 12.4 Å². The normalized spacial score (nSPS) is 18.0. The highest BCUT2D eigenvalue weighted by Crippen LogP contribution is 2.21. The van der Waals surface area contributed by atoms with Gasteiger partial charge in [0, 0.05) is 33.7 Å². The van der Waals surface area contributed by atoms with E-state index in [4.69, 9.17) is 13.3 Å². The molecule has 1 aliphatic heterocycles. The molecule has 1 unspecified atom stereocenters. The van der Waals surface area contributed by atoms with Crippen molar-refractivity contribution in [1.82, 2.24) is 10.2 Å². The molecule has 0 aromatic rings. The molecule has 1 atom stereocenters. The maximum Gasteiger partial charge on any atom is 0.523 e. The molecule has 1 N–H and O–H groups in total. The van der Waals surface area contributed by atoms with Gasteiger partial charge in [-0.2, -0.15) is 0 Å². The van der Waals surface area contributed by atoms with Gasteiger partial charge in [0.25, 0.3) is 0 Å². The summed E-state index contributed by atoms with van der Waals surface area (Å²) < 4.78 is 16.5. The van der Waals surface area contributed by atoms with E-state index in [9.17, 15) is 0 Å². The van der Waals surface area contributed by atoms with Gasteiger partial charge in [0.1, 0.15) is 0 Å². The zero-order chi connectivity index (χ0) is 11.3. The maximum atomic E-state index is 5.49. The first-order valence-electron chi connectivity index (χ1n) is 5.05. The highest BCUT2D eigenvalue weighted by Gasteiger charge is 2.49. The fourth-order valence-electron chi connectivity index (χ4n) is 1.92. The van der Waals surface area contributed by atoms with Gasteiger partial charge < -0.3 is 23.5 Å². The average molecular weight is 232 g/mol. The molecule has 88 valence electrons. The van der Waals surface area contributed by atoms with Crippen molar-refractivity contribution in [2.24, 2.45) is 0 Å². The minimum absolute atomic E-state index is 0.156. The largest absolute Gasteiger partial charge is 0.523 e. The van der Waals surface area contributed by atoms with E-state index in [2.05, 4.69) is 17.1 Å². The molecule has 0 bridgehead atoms. The van der Waals surface area contributed by atoms with Gasteiger partial charge in [-0.3, -0.25) is 0 Å². The van der Waals surface area contributed by atoms with Gasteiger partial charge >= 0.3 is 8.80 Å². The topological polar surface area (TPSA) is 43.0 Å². The van der Waals surface area contributed by atoms with Crippen LogP contribution < -0.4 is 5.32 Å². The van der Waals surface area contributed by atoms with Crippen LogP contribution in [0.25, 0.3) is 0 Å². The van der Waals surface area contributed by atoms with Crippen molar-refractivity contribution >= 4 is 8.80 Å². The second-order valence-corrected chi connectivity index (χ2v) is 6.43. The standard InChI is InChI=1S/C9H20N2O3Si/c1-5-9(11-7-6-10-8-11)15(12-2,13-3)14-4/h6-7,9-10H,5,8H2,1-4H3. The second-order valence-electron chi connectivity index (χ2n) is 3.33. The Hall–Kier alpha value is -0.563. The molecular weight excluding hydrogens is 212 g/mol. The van der Waals surface area contributed by atoms with Crippen molar-refractivity contribution in [2.75, 3.05) is 28.0 Å². The van der Waals surface area contributed by atoms with Crippen LogP contribution in [0.4, 0.5) is 0 Å². The predicted octanol–water partition coefficient (Wildman–Crippen LogP) is 0.516. The van der Waals surface area contributed by atoms with Gasteiger partial charge in [0.15, 0.2) is 0 Å². The van der Waals surface area contributed by atoms with Crippen LogP contribution in [0, 0.1) is 0 Å². The third-order valence-electron chi connectivity index (χ3n) is 2.71. The highest BCUT2D eigenvalue weighted by molar-refractivity contribution is 6.62. The van der Waals surface area contributed by atoms with E-state index in [1.807, 2.05) is 12.4 Å².